The van der Waals surface area contributed by atoms with Gasteiger partial charge in [-0.1, -0.05) is 30.3 Å². The number of carbonyl (C=O) groups excluding carboxylic acids is 1. The molecule has 0 saturated carbocycles. The summed E-state index contributed by atoms with van der Waals surface area (Å²) < 4.78 is 1.96. The molecule has 2 aromatic rings. The average Bonchev–Trinajstić information content (AvgIpc) is 2.95. The molecule has 5 nitrogen and oxygen atoms in total. The molecule has 112 valence electrons. The van der Waals surface area contributed by atoms with Gasteiger partial charge in [-0.3, -0.25) is 4.79 Å². The number of benzene rings is 1. The number of nitrogens with one attached hydrogen (secondary N) is 1. The Hall–Kier alpha value is -2.17. The Morgan fingerprint density at radius 2 is 2.05 bits per heavy atom. The van der Waals surface area contributed by atoms with Crippen LogP contribution in [-0.2, 0) is 17.8 Å². The third-order valence-electron chi connectivity index (χ3n) is 3.36. The smallest absolute Gasteiger partial charge is 0.220 e. The van der Waals surface area contributed by atoms with Gasteiger partial charge >= 0.3 is 0 Å². The number of aromatic nitrogens is 3. The van der Waals surface area contributed by atoms with Crippen molar-refractivity contribution in [3.8, 4) is 0 Å². The summed E-state index contributed by atoms with van der Waals surface area (Å²) in [5, 5.41) is 10.8. The number of nitrogens with zero attached hydrogens (tertiary/aromatic N) is 3. The Labute approximate surface area is 125 Å². The van der Waals surface area contributed by atoms with Crippen molar-refractivity contribution in [1.29, 1.82) is 0 Å². The van der Waals surface area contributed by atoms with Gasteiger partial charge in [0.2, 0.25) is 5.91 Å². The quantitative estimate of drug-likeness (QED) is 0.850. The van der Waals surface area contributed by atoms with Crippen LogP contribution in [0.25, 0.3) is 0 Å². The number of carbonyl (C=O) groups is 1. The molecular weight excluding hydrogens is 264 g/mol. The molecule has 0 bridgehead atoms. The van der Waals surface area contributed by atoms with E-state index in [1.807, 2.05) is 22.8 Å². The molecule has 0 aliphatic heterocycles. The second-order valence-corrected chi connectivity index (χ2v) is 5.36. The van der Waals surface area contributed by atoms with Crippen LogP contribution in [0.1, 0.15) is 44.1 Å². The van der Waals surface area contributed by atoms with E-state index in [-0.39, 0.29) is 5.91 Å². The largest absolute Gasteiger partial charge is 0.349 e. The maximum atomic E-state index is 11.8. The van der Waals surface area contributed by atoms with Gasteiger partial charge in [0.05, 0.1) is 6.54 Å². The zero-order valence-corrected chi connectivity index (χ0v) is 12.6. The zero-order valence-electron chi connectivity index (χ0n) is 12.6. The summed E-state index contributed by atoms with van der Waals surface area (Å²) >= 11 is 0. The average molecular weight is 286 g/mol. The van der Waals surface area contributed by atoms with Crippen LogP contribution in [0.3, 0.4) is 0 Å². The highest BCUT2D eigenvalue weighted by Crippen LogP contribution is 2.07. The van der Waals surface area contributed by atoms with Crippen LogP contribution < -0.4 is 5.32 Å². The fourth-order valence-electron chi connectivity index (χ4n) is 2.19. The van der Waals surface area contributed by atoms with E-state index in [0.717, 1.165) is 18.7 Å². The predicted octanol–water partition coefficient (Wildman–Crippen LogP) is 2.50. The van der Waals surface area contributed by atoms with Crippen LogP contribution in [0, 0.1) is 0 Å². The number of hydrogen-bond donors (Lipinski definition) is 1. The Bertz CT molecular complexity index is 563. The third kappa shape index (κ3) is 4.70. The molecule has 1 heterocycles. The van der Waals surface area contributed by atoms with Gasteiger partial charge in [-0.25, -0.2) is 0 Å². The van der Waals surface area contributed by atoms with Gasteiger partial charge in [-0.2, -0.15) is 0 Å². The molecule has 0 aliphatic carbocycles. The Balaban J connectivity index is 1.71. The molecule has 1 aromatic carbocycles. The fourth-order valence-corrected chi connectivity index (χ4v) is 2.19. The third-order valence-corrected chi connectivity index (χ3v) is 3.36. The van der Waals surface area contributed by atoms with Gasteiger partial charge < -0.3 is 9.88 Å². The molecule has 21 heavy (non-hydrogen) atoms. The van der Waals surface area contributed by atoms with Gasteiger partial charge in [0.25, 0.3) is 0 Å². The van der Waals surface area contributed by atoms with E-state index in [2.05, 4.69) is 41.5 Å². The first kappa shape index (κ1) is 15.2. The number of hydrogen-bond acceptors (Lipinski definition) is 3. The Kier molecular flexibility index (Phi) is 5.49. The summed E-state index contributed by atoms with van der Waals surface area (Å²) in [6, 6.07) is 10.5. The fraction of sp³-hybridized carbons (Fsp3) is 0.438. The van der Waals surface area contributed by atoms with Crippen LogP contribution in [0.2, 0.25) is 0 Å². The number of aryl methyl sites for hydroxylation is 1. The number of amides is 1. The zero-order chi connectivity index (χ0) is 15.1. The van der Waals surface area contributed by atoms with Crippen molar-refractivity contribution >= 4 is 5.91 Å². The van der Waals surface area contributed by atoms with Crippen molar-refractivity contribution in [2.24, 2.45) is 0 Å². The van der Waals surface area contributed by atoms with Crippen molar-refractivity contribution in [2.75, 3.05) is 0 Å². The predicted molar refractivity (Wildman–Crippen MR) is 81.6 cm³/mol. The first-order valence-corrected chi connectivity index (χ1v) is 7.36. The monoisotopic (exact) mass is 286 g/mol. The van der Waals surface area contributed by atoms with Crippen molar-refractivity contribution in [2.45, 2.75) is 45.7 Å². The van der Waals surface area contributed by atoms with E-state index in [0.29, 0.717) is 19.0 Å². The molecule has 0 fully saturated rings. The Morgan fingerprint density at radius 3 is 2.76 bits per heavy atom. The summed E-state index contributed by atoms with van der Waals surface area (Å²) in [6.07, 6.45) is 4.01. The van der Waals surface area contributed by atoms with E-state index < -0.39 is 0 Å². The summed E-state index contributed by atoms with van der Waals surface area (Å²) in [4.78, 5) is 11.8. The van der Waals surface area contributed by atoms with Crippen LogP contribution >= 0.6 is 0 Å². The summed E-state index contributed by atoms with van der Waals surface area (Å²) in [6.45, 7) is 4.56. The van der Waals surface area contributed by atoms with Crippen LogP contribution in [0.5, 0.6) is 0 Å². The highest BCUT2D eigenvalue weighted by Gasteiger charge is 2.08. The van der Waals surface area contributed by atoms with Gasteiger partial charge in [0.15, 0.2) is 5.82 Å². The maximum Gasteiger partial charge on any atom is 0.220 e. The molecule has 0 aliphatic rings. The van der Waals surface area contributed by atoms with Crippen LogP contribution in [0.15, 0.2) is 36.7 Å². The van der Waals surface area contributed by atoms with E-state index in [9.17, 15) is 4.79 Å². The van der Waals surface area contributed by atoms with Gasteiger partial charge in [-0.05, 0) is 32.3 Å². The lowest BCUT2D eigenvalue weighted by atomic mass is 10.1. The van der Waals surface area contributed by atoms with Crippen molar-refractivity contribution < 1.29 is 4.79 Å². The molecule has 0 spiro atoms. The SMILES string of the molecule is CC(C)n1cnnc1CNC(=O)CCCc1ccccc1. The first-order chi connectivity index (χ1) is 10.2. The minimum atomic E-state index is 0.0595. The van der Waals surface area contributed by atoms with E-state index >= 15 is 0 Å². The Morgan fingerprint density at radius 1 is 1.29 bits per heavy atom. The molecule has 0 unspecified atom stereocenters. The van der Waals surface area contributed by atoms with Gasteiger partial charge in [0, 0.05) is 12.5 Å². The van der Waals surface area contributed by atoms with Crippen molar-refractivity contribution in [3.05, 3.63) is 48.0 Å². The molecule has 5 heteroatoms. The lowest BCUT2D eigenvalue weighted by molar-refractivity contribution is -0.121. The molecule has 0 atom stereocenters. The van der Waals surface area contributed by atoms with Gasteiger partial charge in [-0.15, -0.1) is 10.2 Å². The normalized spacial score (nSPS) is 10.8. The first-order valence-electron chi connectivity index (χ1n) is 7.36. The van der Waals surface area contributed by atoms with Crippen molar-refractivity contribution in [3.63, 3.8) is 0 Å². The summed E-state index contributed by atoms with van der Waals surface area (Å²) in [5.41, 5.74) is 1.27. The lowest BCUT2D eigenvalue weighted by Gasteiger charge is -2.10. The van der Waals surface area contributed by atoms with Gasteiger partial charge in [0.1, 0.15) is 6.33 Å². The molecule has 1 N–H and O–H groups in total. The molecule has 0 saturated heterocycles. The maximum absolute atomic E-state index is 11.8. The molecule has 1 aromatic heterocycles. The second kappa shape index (κ2) is 7.57. The van der Waals surface area contributed by atoms with Crippen molar-refractivity contribution in [1.82, 2.24) is 20.1 Å². The molecule has 0 radical (unpaired) electrons. The number of rotatable bonds is 7. The highest BCUT2D eigenvalue weighted by atomic mass is 16.1. The lowest BCUT2D eigenvalue weighted by Crippen LogP contribution is -2.24. The highest BCUT2D eigenvalue weighted by molar-refractivity contribution is 5.75. The van der Waals surface area contributed by atoms with E-state index in [1.165, 1.54) is 5.56 Å². The topological polar surface area (TPSA) is 59.8 Å². The van der Waals surface area contributed by atoms with E-state index in [4.69, 9.17) is 0 Å². The van der Waals surface area contributed by atoms with Crippen LogP contribution in [-0.4, -0.2) is 20.7 Å². The minimum Gasteiger partial charge on any atom is -0.349 e. The standard InChI is InChI=1S/C16H22N4O/c1-13(2)20-12-18-19-15(20)11-17-16(21)10-6-9-14-7-4-3-5-8-14/h3-5,7-8,12-13H,6,9-11H2,1-2H3,(H,17,21). The van der Waals surface area contributed by atoms with Crippen LogP contribution in [0.4, 0.5) is 0 Å². The molecular formula is C16H22N4O. The summed E-state index contributed by atoms with van der Waals surface area (Å²) in [5.74, 6) is 0.852. The minimum absolute atomic E-state index is 0.0595. The molecule has 2 rings (SSSR count). The van der Waals surface area contributed by atoms with E-state index in [1.54, 1.807) is 6.33 Å². The second-order valence-electron chi connectivity index (χ2n) is 5.36. The molecule has 1 amide bonds. The summed E-state index contributed by atoms with van der Waals surface area (Å²) in [7, 11) is 0.